The van der Waals surface area contributed by atoms with E-state index in [9.17, 15) is 14.7 Å². The molecule has 9 heteroatoms. The van der Waals surface area contributed by atoms with Crippen LogP contribution in [0.4, 0.5) is 0 Å². The van der Waals surface area contributed by atoms with Crippen LogP contribution in [0.2, 0.25) is 5.02 Å². The molecular weight excluding hydrogens is 470 g/mol. The summed E-state index contributed by atoms with van der Waals surface area (Å²) in [6, 6.07) is 18.1. The first-order valence-corrected chi connectivity index (χ1v) is 11.7. The monoisotopic (exact) mass is 493 g/mol. The van der Waals surface area contributed by atoms with Crippen molar-refractivity contribution in [1.82, 2.24) is 15.4 Å². The molecule has 180 valence electrons. The molecule has 35 heavy (non-hydrogen) atoms. The molecule has 3 heterocycles. The van der Waals surface area contributed by atoms with Crippen LogP contribution < -0.4 is 5.48 Å². The van der Waals surface area contributed by atoms with Gasteiger partial charge in [0, 0.05) is 16.8 Å². The Hall–Kier alpha value is -3.30. The Labute approximate surface area is 207 Å². The fraction of sp³-hybridized carbons (Fsp3) is 0.269. The van der Waals surface area contributed by atoms with Gasteiger partial charge in [-0.05, 0) is 41.5 Å². The number of aromatic nitrogens is 1. The fourth-order valence-corrected chi connectivity index (χ4v) is 4.87. The maximum atomic E-state index is 13.7. The number of pyridine rings is 1. The number of aliphatic hydroxyl groups excluding tert-OH is 1. The Bertz CT molecular complexity index is 1210. The molecule has 4 atom stereocenters. The van der Waals surface area contributed by atoms with Crippen molar-refractivity contribution in [1.29, 1.82) is 0 Å². The number of halogens is 1. The van der Waals surface area contributed by atoms with Gasteiger partial charge in [-0.1, -0.05) is 48.0 Å². The first-order chi connectivity index (χ1) is 17.0. The lowest BCUT2D eigenvalue weighted by atomic mass is 9.78. The van der Waals surface area contributed by atoms with Gasteiger partial charge in [0.25, 0.3) is 11.8 Å². The molecule has 2 aliphatic heterocycles. The molecule has 0 radical (unpaired) electrons. The zero-order valence-electron chi connectivity index (χ0n) is 18.7. The van der Waals surface area contributed by atoms with E-state index in [0.717, 1.165) is 0 Å². The number of nitrogens with zero attached hydrogens (tertiary/aromatic N) is 2. The maximum absolute atomic E-state index is 13.7. The van der Waals surface area contributed by atoms with Crippen LogP contribution >= 0.6 is 11.6 Å². The molecule has 2 aliphatic rings. The third kappa shape index (κ3) is 4.66. The predicted molar refractivity (Wildman–Crippen MR) is 127 cm³/mol. The number of hydroxylamine groups is 1. The second kappa shape index (κ2) is 10.1. The molecule has 1 aromatic heterocycles. The molecule has 0 spiro atoms. The molecule has 4 unspecified atom stereocenters. The van der Waals surface area contributed by atoms with E-state index in [0.29, 0.717) is 27.4 Å². The average Bonchev–Trinajstić information content (AvgIpc) is 3.30. The number of benzene rings is 2. The molecule has 2 amide bonds. The zero-order valence-corrected chi connectivity index (χ0v) is 19.5. The molecule has 0 saturated carbocycles. The van der Waals surface area contributed by atoms with Gasteiger partial charge < -0.3 is 14.7 Å². The minimum absolute atomic E-state index is 0.0877. The lowest BCUT2D eigenvalue weighted by Gasteiger charge is -2.45. The Kier molecular flexibility index (Phi) is 6.79. The van der Waals surface area contributed by atoms with Crippen LogP contribution in [0.25, 0.3) is 0 Å². The highest BCUT2D eigenvalue weighted by Crippen LogP contribution is 2.45. The van der Waals surface area contributed by atoms with Crippen molar-refractivity contribution >= 4 is 23.4 Å². The molecule has 2 aromatic carbocycles. The maximum Gasteiger partial charge on any atom is 0.255 e. The van der Waals surface area contributed by atoms with Crippen LogP contribution in [0.5, 0.6) is 0 Å². The van der Waals surface area contributed by atoms with E-state index in [4.69, 9.17) is 21.2 Å². The number of rotatable bonds is 6. The van der Waals surface area contributed by atoms with Crippen molar-refractivity contribution in [2.24, 2.45) is 0 Å². The van der Waals surface area contributed by atoms with Gasteiger partial charge in [-0.15, -0.1) is 0 Å². The Morgan fingerprint density at radius 2 is 1.89 bits per heavy atom. The minimum Gasteiger partial charge on any atom is -0.388 e. The summed E-state index contributed by atoms with van der Waals surface area (Å²) in [6.45, 7) is 0.377. The summed E-state index contributed by atoms with van der Waals surface area (Å²) in [5, 5.41) is 11.2. The molecule has 0 aliphatic carbocycles. The average molecular weight is 494 g/mol. The number of fused-ring (bicyclic) bond motifs is 1. The van der Waals surface area contributed by atoms with Crippen molar-refractivity contribution in [2.75, 3.05) is 13.2 Å². The fourth-order valence-electron chi connectivity index (χ4n) is 4.74. The highest BCUT2D eigenvalue weighted by molar-refractivity contribution is 6.30. The largest absolute Gasteiger partial charge is 0.388 e. The number of ether oxygens (including phenoxy) is 1. The topological polar surface area (TPSA) is 101 Å². The molecule has 0 bridgehead atoms. The molecule has 2 N–H and O–H groups in total. The van der Waals surface area contributed by atoms with Gasteiger partial charge in [0.1, 0.15) is 6.61 Å². The van der Waals surface area contributed by atoms with Crippen molar-refractivity contribution in [3.63, 3.8) is 0 Å². The number of hydrogen-bond donors (Lipinski definition) is 2. The van der Waals surface area contributed by atoms with Crippen LogP contribution in [0.1, 0.15) is 39.1 Å². The molecule has 1 saturated heterocycles. The van der Waals surface area contributed by atoms with Crippen LogP contribution in [0.15, 0.2) is 72.9 Å². The summed E-state index contributed by atoms with van der Waals surface area (Å²) in [5.74, 6) is -1.49. The number of carbonyl (C=O) groups excluding carboxylic acids is 2. The number of nitrogens with one attached hydrogen (secondary N) is 1. The van der Waals surface area contributed by atoms with E-state index in [-0.39, 0.29) is 25.7 Å². The minimum atomic E-state index is -0.872. The summed E-state index contributed by atoms with van der Waals surface area (Å²) in [4.78, 5) is 38.6. The van der Waals surface area contributed by atoms with Crippen molar-refractivity contribution in [3.8, 4) is 0 Å². The lowest BCUT2D eigenvalue weighted by molar-refractivity contribution is -0.138. The standard InChI is InChI=1S/C26H24ClN3O5/c27-17-10-8-16(9-11-17)24-23(25(32)29-35-13-18-5-3-4-12-28-18)19-6-1-2-7-20(19)26(33)30(24)21-14-34-15-22(21)31/h1-12,21-24,31H,13-15H2,(H,29,32). The van der Waals surface area contributed by atoms with Gasteiger partial charge in [-0.25, -0.2) is 5.48 Å². The molecule has 8 nitrogen and oxygen atoms in total. The smallest absolute Gasteiger partial charge is 0.255 e. The van der Waals surface area contributed by atoms with E-state index in [2.05, 4.69) is 10.5 Å². The van der Waals surface area contributed by atoms with Crippen LogP contribution in [-0.4, -0.2) is 52.2 Å². The summed E-state index contributed by atoms with van der Waals surface area (Å²) in [6.07, 6.45) is 0.774. The normalized spacial score (nSPS) is 23.7. The van der Waals surface area contributed by atoms with E-state index in [1.54, 1.807) is 71.8 Å². The summed E-state index contributed by atoms with van der Waals surface area (Å²) >= 11 is 6.13. The Balaban J connectivity index is 1.54. The second-order valence-corrected chi connectivity index (χ2v) is 8.96. The molecule has 5 rings (SSSR count). The van der Waals surface area contributed by atoms with Gasteiger partial charge in [-0.3, -0.25) is 19.4 Å². The first-order valence-electron chi connectivity index (χ1n) is 11.3. The second-order valence-electron chi connectivity index (χ2n) is 8.52. The van der Waals surface area contributed by atoms with E-state index in [1.165, 1.54) is 0 Å². The zero-order chi connectivity index (χ0) is 24.4. The van der Waals surface area contributed by atoms with Gasteiger partial charge >= 0.3 is 0 Å². The predicted octanol–water partition coefficient (Wildman–Crippen LogP) is 3.02. The molecular formula is C26H24ClN3O5. The lowest BCUT2D eigenvalue weighted by Crippen LogP contribution is -2.54. The number of aliphatic hydroxyl groups is 1. The third-order valence-corrected chi connectivity index (χ3v) is 6.62. The van der Waals surface area contributed by atoms with Crippen molar-refractivity contribution in [3.05, 3.63) is 100 Å². The number of carbonyl (C=O) groups is 2. The molecule has 3 aromatic rings. The van der Waals surface area contributed by atoms with Gasteiger partial charge in [0.05, 0.1) is 43.0 Å². The van der Waals surface area contributed by atoms with Crippen LogP contribution in [-0.2, 0) is 21.0 Å². The van der Waals surface area contributed by atoms with E-state index < -0.39 is 30.0 Å². The summed E-state index contributed by atoms with van der Waals surface area (Å²) in [5.41, 5.74) is 4.91. The van der Waals surface area contributed by atoms with E-state index in [1.807, 2.05) is 6.07 Å². The van der Waals surface area contributed by atoms with Gasteiger partial charge in [-0.2, -0.15) is 0 Å². The number of amides is 2. The van der Waals surface area contributed by atoms with Crippen molar-refractivity contribution < 1.29 is 24.3 Å². The first kappa shape index (κ1) is 23.4. The summed E-state index contributed by atoms with van der Waals surface area (Å²) < 4.78 is 5.47. The Morgan fingerprint density at radius 1 is 1.11 bits per heavy atom. The highest BCUT2D eigenvalue weighted by Gasteiger charge is 2.49. The molecule has 1 fully saturated rings. The van der Waals surface area contributed by atoms with Crippen molar-refractivity contribution in [2.45, 2.75) is 30.7 Å². The quantitative estimate of drug-likeness (QED) is 0.512. The van der Waals surface area contributed by atoms with E-state index >= 15 is 0 Å². The Morgan fingerprint density at radius 3 is 2.60 bits per heavy atom. The highest BCUT2D eigenvalue weighted by atomic mass is 35.5. The van der Waals surface area contributed by atoms with Gasteiger partial charge in [0.15, 0.2) is 0 Å². The summed E-state index contributed by atoms with van der Waals surface area (Å²) in [7, 11) is 0. The van der Waals surface area contributed by atoms with Crippen LogP contribution in [0, 0.1) is 0 Å². The van der Waals surface area contributed by atoms with Crippen LogP contribution in [0.3, 0.4) is 0 Å². The SMILES string of the molecule is O=C(NOCc1ccccn1)C1c2ccccc2C(=O)N(C2COCC2O)C1c1ccc(Cl)cc1. The van der Waals surface area contributed by atoms with Gasteiger partial charge in [0.2, 0.25) is 0 Å². The third-order valence-electron chi connectivity index (χ3n) is 6.37. The number of hydrogen-bond acceptors (Lipinski definition) is 6.